The third-order valence-electron chi connectivity index (χ3n) is 7.68. The Balaban J connectivity index is 1.20. The van der Waals surface area contributed by atoms with E-state index in [4.69, 9.17) is 0 Å². The average molecular weight is 276 g/mol. The number of hydrogen-bond acceptors (Lipinski definition) is 0. The quantitative estimate of drug-likeness (QED) is 0.628. The summed E-state index contributed by atoms with van der Waals surface area (Å²) in [6.07, 6.45) is 22.5. The minimum Gasteiger partial charge on any atom is -0.0848 e. The van der Waals surface area contributed by atoms with Crippen LogP contribution in [-0.2, 0) is 0 Å². The summed E-state index contributed by atoms with van der Waals surface area (Å²) in [6, 6.07) is 0. The second-order valence-corrected chi connectivity index (χ2v) is 8.61. The minimum absolute atomic E-state index is 0.898. The molecule has 6 aliphatic rings. The highest BCUT2D eigenvalue weighted by Crippen LogP contribution is 2.57. The molecule has 0 aromatic rings. The third-order valence-corrected chi connectivity index (χ3v) is 7.68. The van der Waals surface area contributed by atoms with Gasteiger partial charge in [-0.05, 0) is 79.4 Å². The van der Waals surface area contributed by atoms with Crippen molar-refractivity contribution < 1.29 is 0 Å². The molecular weight excluding hydrogens is 252 g/mol. The van der Waals surface area contributed by atoms with E-state index in [-0.39, 0.29) is 0 Å². The van der Waals surface area contributed by atoms with Crippen LogP contribution in [0.3, 0.4) is 0 Å². The van der Waals surface area contributed by atoms with Crippen molar-refractivity contribution >= 4 is 0 Å². The van der Waals surface area contributed by atoms with E-state index in [9.17, 15) is 0 Å². The summed E-state index contributed by atoms with van der Waals surface area (Å²) in [5, 5.41) is 0. The molecule has 0 N–H and O–H groups in total. The first-order valence-corrected chi connectivity index (χ1v) is 9.11. The first-order chi connectivity index (χ1) is 10.3. The van der Waals surface area contributed by atoms with Crippen LogP contribution in [0.25, 0.3) is 0 Å². The van der Waals surface area contributed by atoms with Crippen LogP contribution in [0.15, 0.2) is 47.6 Å². The predicted molar refractivity (Wildman–Crippen MR) is 85.5 cm³/mol. The van der Waals surface area contributed by atoms with Crippen LogP contribution in [0.5, 0.6) is 0 Å². The van der Waals surface area contributed by atoms with Crippen LogP contribution in [0.4, 0.5) is 0 Å². The van der Waals surface area contributed by atoms with Crippen molar-refractivity contribution in [3.05, 3.63) is 47.6 Å². The standard InChI is InChI=1S/C21H24/c1-2-15-10-14(1)18-6-12(7-19(15)18)5-13-8-20-16-3-4-17(11-16)21(20)9-13/h1-4,6,8,14-21H,5,7,9-11H2. The van der Waals surface area contributed by atoms with E-state index in [0.29, 0.717) is 0 Å². The van der Waals surface area contributed by atoms with Gasteiger partial charge in [0.25, 0.3) is 0 Å². The zero-order valence-electron chi connectivity index (χ0n) is 12.6. The van der Waals surface area contributed by atoms with Gasteiger partial charge in [0, 0.05) is 0 Å². The Kier molecular flexibility index (Phi) is 2.10. The largest absolute Gasteiger partial charge is 0.0848 e. The Morgan fingerprint density at radius 3 is 1.62 bits per heavy atom. The lowest BCUT2D eigenvalue weighted by molar-refractivity contribution is 0.391. The van der Waals surface area contributed by atoms with Gasteiger partial charge >= 0.3 is 0 Å². The van der Waals surface area contributed by atoms with Crippen molar-refractivity contribution in [2.75, 3.05) is 0 Å². The van der Waals surface area contributed by atoms with Gasteiger partial charge in [-0.15, -0.1) is 0 Å². The van der Waals surface area contributed by atoms with Crippen molar-refractivity contribution in [1.82, 2.24) is 0 Å². The van der Waals surface area contributed by atoms with Crippen LogP contribution in [0, 0.1) is 47.3 Å². The first kappa shape index (κ1) is 11.5. The Labute approximate surface area is 127 Å². The minimum atomic E-state index is 0.898. The third kappa shape index (κ3) is 1.47. The molecule has 6 rings (SSSR count). The lowest BCUT2D eigenvalue weighted by Gasteiger charge is -2.19. The summed E-state index contributed by atoms with van der Waals surface area (Å²) < 4.78 is 0. The smallest absolute Gasteiger partial charge is 0.0108 e. The van der Waals surface area contributed by atoms with Gasteiger partial charge in [-0.1, -0.05) is 47.6 Å². The number of hydrogen-bond donors (Lipinski definition) is 0. The molecule has 8 atom stereocenters. The summed E-state index contributed by atoms with van der Waals surface area (Å²) in [5.74, 6) is 7.42. The second-order valence-electron chi connectivity index (χ2n) is 8.61. The fraction of sp³-hybridized carbons (Fsp3) is 0.619. The number of allylic oxidation sites excluding steroid dienone is 8. The molecule has 0 saturated heterocycles. The van der Waals surface area contributed by atoms with Crippen LogP contribution in [0.2, 0.25) is 0 Å². The molecule has 0 aromatic heterocycles. The summed E-state index contributed by atoms with van der Waals surface area (Å²) in [7, 11) is 0. The molecule has 0 amide bonds. The van der Waals surface area contributed by atoms with Crippen LogP contribution >= 0.6 is 0 Å². The molecule has 8 unspecified atom stereocenters. The summed E-state index contributed by atoms with van der Waals surface area (Å²) >= 11 is 0. The van der Waals surface area contributed by atoms with Gasteiger partial charge < -0.3 is 0 Å². The van der Waals surface area contributed by atoms with Crippen molar-refractivity contribution in [2.24, 2.45) is 47.3 Å². The van der Waals surface area contributed by atoms with Gasteiger partial charge in [0.2, 0.25) is 0 Å². The van der Waals surface area contributed by atoms with Crippen LogP contribution < -0.4 is 0 Å². The molecular formula is C21H24. The SMILES string of the molecule is C1=CC2CC1C1C=C(CC3=CC4C5C=CC(C5)C4C3)CC21. The maximum Gasteiger partial charge on any atom is -0.0108 e. The fourth-order valence-electron chi connectivity index (χ4n) is 6.83. The molecule has 0 radical (unpaired) electrons. The molecule has 0 aliphatic heterocycles. The zero-order valence-corrected chi connectivity index (χ0v) is 12.6. The number of rotatable bonds is 2. The average Bonchev–Trinajstić information content (AvgIpc) is 3.27. The van der Waals surface area contributed by atoms with Gasteiger partial charge in [-0.3, -0.25) is 0 Å². The molecule has 6 aliphatic carbocycles. The molecule has 2 fully saturated rings. The van der Waals surface area contributed by atoms with Crippen molar-refractivity contribution in [2.45, 2.75) is 32.1 Å². The molecule has 21 heavy (non-hydrogen) atoms. The topological polar surface area (TPSA) is 0 Å². The Hall–Kier alpha value is -1.04. The van der Waals surface area contributed by atoms with Crippen LogP contribution in [-0.4, -0.2) is 0 Å². The molecule has 4 bridgehead atoms. The van der Waals surface area contributed by atoms with Crippen molar-refractivity contribution in [3.63, 3.8) is 0 Å². The fourth-order valence-corrected chi connectivity index (χ4v) is 6.83. The summed E-state index contributed by atoms with van der Waals surface area (Å²) in [5.41, 5.74) is 3.57. The van der Waals surface area contributed by atoms with E-state index in [0.717, 1.165) is 47.3 Å². The lowest BCUT2D eigenvalue weighted by Crippen LogP contribution is -2.12. The second kappa shape index (κ2) is 3.83. The predicted octanol–water partition coefficient (Wildman–Crippen LogP) is 4.91. The maximum atomic E-state index is 2.70. The Morgan fingerprint density at radius 2 is 1.14 bits per heavy atom. The van der Waals surface area contributed by atoms with Gasteiger partial charge in [0.05, 0.1) is 0 Å². The summed E-state index contributed by atoms with van der Waals surface area (Å²) in [4.78, 5) is 0. The zero-order chi connectivity index (χ0) is 13.6. The normalized spacial score (nSPS) is 54.3. The van der Waals surface area contributed by atoms with Gasteiger partial charge in [0.1, 0.15) is 0 Å². The van der Waals surface area contributed by atoms with Gasteiger partial charge in [0.15, 0.2) is 0 Å². The maximum absolute atomic E-state index is 2.70. The van der Waals surface area contributed by atoms with E-state index < -0.39 is 0 Å². The highest BCUT2D eigenvalue weighted by Gasteiger charge is 2.48. The van der Waals surface area contributed by atoms with Crippen LogP contribution in [0.1, 0.15) is 32.1 Å². The Morgan fingerprint density at radius 1 is 0.667 bits per heavy atom. The van der Waals surface area contributed by atoms with Gasteiger partial charge in [-0.2, -0.15) is 0 Å². The molecule has 2 saturated carbocycles. The molecule has 0 nitrogen and oxygen atoms in total. The van der Waals surface area contributed by atoms with E-state index in [1.54, 1.807) is 11.1 Å². The molecule has 108 valence electrons. The van der Waals surface area contributed by atoms with E-state index in [1.165, 1.54) is 32.1 Å². The monoisotopic (exact) mass is 276 g/mol. The molecule has 0 spiro atoms. The van der Waals surface area contributed by atoms with Crippen molar-refractivity contribution in [3.8, 4) is 0 Å². The van der Waals surface area contributed by atoms with E-state index in [1.807, 2.05) is 0 Å². The first-order valence-electron chi connectivity index (χ1n) is 9.11. The van der Waals surface area contributed by atoms with E-state index >= 15 is 0 Å². The molecule has 0 aromatic carbocycles. The number of fused-ring (bicyclic) bond motifs is 10. The molecule has 0 heterocycles. The highest BCUT2D eigenvalue weighted by molar-refractivity contribution is 5.33. The lowest BCUT2D eigenvalue weighted by atomic mass is 9.85. The molecule has 0 heteroatoms. The van der Waals surface area contributed by atoms with E-state index in [2.05, 4.69) is 36.5 Å². The highest BCUT2D eigenvalue weighted by atomic mass is 14.5. The van der Waals surface area contributed by atoms with Crippen molar-refractivity contribution in [1.29, 1.82) is 0 Å². The Bertz CT molecular complexity index is 562. The summed E-state index contributed by atoms with van der Waals surface area (Å²) in [6.45, 7) is 0. The van der Waals surface area contributed by atoms with Gasteiger partial charge in [-0.25, -0.2) is 0 Å².